The molecule has 5 rings (SSSR count). The molecule has 0 bridgehead atoms. The molecular weight excluding hydrogens is 580 g/mol. The maximum Gasteiger partial charge on any atom is 0.416 e. The molecule has 3 heterocycles. The number of alkyl halides is 3. The van der Waals surface area contributed by atoms with Crippen LogP contribution < -0.4 is 0 Å². The Labute approximate surface area is 246 Å². The summed E-state index contributed by atoms with van der Waals surface area (Å²) in [5.41, 5.74) is -0.789. The summed E-state index contributed by atoms with van der Waals surface area (Å²) in [6, 6.07) is 6.13. The van der Waals surface area contributed by atoms with Crippen LogP contribution in [0.1, 0.15) is 60.1 Å². The molecule has 0 spiro atoms. The van der Waals surface area contributed by atoms with Gasteiger partial charge < -0.3 is 14.7 Å². The van der Waals surface area contributed by atoms with Crippen LogP contribution in [0.5, 0.6) is 0 Å². The van der Waals surface area contributed by atoms with E-state index in [1.54, 1.807) is 23.1 Å². The highest BCUT2D eigenvalue weighted by molar-refractivity contribution is 6.42. The Hall–Kier alpha value is -2.85. The van der Waals surface area contributed by atoms with E-state index in [0.717, 1.165) is 36.7 Å². The van der Waals surface area contributed by atoms with E-state index in [2.05, 4.69) is 4.98 Å². The molecule has 1 aliphatic carbocycles. The smallest absolute Gasteiger partial charge is 0.342 e. The van der Waals surface area contributed by atoms with Crippen LogP contribution >= 0.6 is 23.2 Å². The zero-order valence-electron chi connectivity index (χ0n) is 22.8. The molecule has 2 aromatic rings. The Morgan fingerprint density at radius 1 is 1.00 bits per heavy atom. The van der Waals surface area contributed by atoms with Gasteiger partial charge in [-0.2, -0.15) is 13.2 Å². The fourth-order valence-corrected chi connectivity index (χ4v) is 6.16. The molecule has 3 aliphatic rings. The molecule has 3 fully saturated rings. The van der Waals surface area contributed by atoms with Crippen molar-refractivity contribution in [2.45, 2.75) is 50.7 Å². The summed E-state index contributed by atoms with van der Waals surface area (Å²) in [5.74, 6) is -1.19. The minimum atomic E-state index is -4.62. The van der Waals surface area contributed by atoms with Gasteiger partial charge in [-0.15, -0.1) is 0 Å². The number of likely N-dealkylation sites (tertiary alicyclic amines) is 2. The highest BCUT2D eigenvalue weighted by atomic mass is 35.5. The zero-order valence-corrected chi connectivity index (χ0v) is 24.3. The van der Waals surface area contributed by atoms with Crippen molar-refractivity contribution in [1.29, 1.82) is 0 Å². The number of nitrogens with zero attached hydrogens (tertiary/aromatic N) is 4. The van der Waals surface area contributed by atoms with Gasteiger partial charge in [-0.05, 0) is 55.5 Å². The van der Waals surface area contributed by atoms with E-state index in [0.29, 0.717) is 42.5 Å². The minimum absolute atomic E-state index is 0.0552. The van der Waals surface area contributed by atoms with Crippen LogP contribution in [-0.2, 0) is 15.8 Å². The van der Waals surface area contributed by atoms with Crippen molar-refractivity contribution in [2.75, 3.05) is 33.2 Å². The first kappa shape index (κ1) is 29.6. The topological polar surface area (TPSA) is 73.8 Å². The minimum Gasteiger partial charge on any atom is -0.342 e. The summed E-state index contributed by atoms with van der Waals surface area (Å²) in [4.78, 5) is 48.6. The molecular formula is C29H31Cl2F3N4O3. The lowest BCUT2D eigenvalue weighted by atomic mass is 9.93. The summed E-state index contributed by atoms with van der Waals surface area (Å²) in [6.45, 7) is 3.52. The van der Waals surface area contributed by atoms with E-state index >= 15 is 0 Å². The Morgan fingerprint density at radius 3 is 2.29 bits per heavy atom. The van der Waals surface area contributed by atoms with E-state index < -0.39 is 23.7 Å². The second-order valence-electron chi connectivity index (χ2n) is 11.6. The quantitative estimate of drug-likeness (QED) is 0.447. The maximum atomic E-state index is 13.7. The lowest BCUT2D eigenvalue weighted by molar-refractivity contribution is -0.142. The number of amides is 3. The van der Waals surface area contributed by atoms with Crippen LogP contribution in [0.15, 0.2) is 36.5 Å². The molecule has 1 aromatic carbocycles. The van der Waals surface area contributed by atoms with Gasteiger partial charge in [-0.25, -0.2) is 0 Å². The summed E-state index contributed by atoms with van der Waals surface area (Å²) in [6.07, 6.45) is -0.737. The van der Waals surface area contributed by atoms with Crippen molar-refractivity contribution in [1.82, 2.24) is 19.7 Å². The van der Waals surface area contributed by atoms with Gasteiger partial charge in [0.15, 0.2) is 0 Å². The number of carbonyl (C=O) groups excluding carboxylic acids is 3. The lowest BCUT2D eigenvalue weighted by Gasteiger charge is -2.34. The molecule has 0 N–H and O–H groups in total. The summed E-state index contributed by atoms with van der Waals surface area (Å²) < 4.78 is 39.9. The van der Waals surface area contributed by atoms with E-state index in [1.165, 1.54) is 11.9 Å². The Balaban J connectivity index is 1.35. The molecule has 1 aromatic heterocycles. The highest BCUT2D eigenvalue weighted by Gasteiger charge is 2.48. The lowest BCUT2D eigenvalue weighted by Crippen LogP contribution is -2.46. The Morgan fingerprint density at radius 2 is 1.68 bits per heavy atom. The fourth-order valence-electron chi connectivity index (χ4n) is 5.86. The van der Waals surface area contributed by atoms with Crippen LogP contribution in [0, 0.1) is 11.3 Å². The van der Waals surface area contributed by atoms with Gasteiger partial charge in [0.2, 0.25) is 11.8 Å². The zero-order chi connectivity index (χ0) is 29.7. The van der Waals surface area contributed by atoms with Gasteiger partial charge in [-0.3, -0.25) is 19.4 Å². The van der Waals surface area contributed by atoms with Crippen LogP contribution in [-0.4, -0.2) is 76.7 Å². The third kappa shape index (κ3) is 6.04. The van der Waals surface area contributed by atoms with Gasteiger partial charge >= 0.3 is 6.18 Å². The molecule has 0 unspecified atom stereocenters. The molecule has 0 radical (unpaired) electrons. The second-order valence-corrected chi connectivity index (χ2v) is 12.4. The molecule has 7 nitrogen and oxygen atoms in total. The SMILES string of the molecule is CN(C(=O)c1cc(C(F)(F)F)ccn1)[C@H]1CN(C(=O)C2CCN(C(=O)C3(C)CC3)CC2)C[C@H]1c1ccc(Cl)c(Cl)c1. The number of benzene rings is 1. The Kier molecular flexibility index (Phi) is 8.02. The molecule has 2 atom stereocenters. The van der Waals surface area contributed by atoms with E-state index in [9.17, 15) is 27.6 Å². The van der Waals surface area contributed by atoms with Gasteiger partial charge in [0.05, 0.1) is 21.7 Å². The maximum absolute atomic E-state index is 13.7. The Bertz CT molecular complexity index is 1360. The average molecular weight is 611 g/mol. The number of hydrogen-bond donors (Lipinski definition) is 0. The van der Waals surface area contributed by atoms with Crippen LogP contribution in [0.3, 0.4) is 0 Å². The first-order chi connectivity index (χ1) is 19.3. The standard InChI is InChI=1S/C29H31Cl2F3N4O3/c1-28(8-9-28)27(41)37-11-6-17(7-12-37)25(39)38-15-20(18-3-4-21(30)22(31)13-18)24(16-38)36(2)26(40)23-14-19(5-10-35-23)29(32,33)34/h3-5,10,13-14,17,20,24H,6-9,11-12,15-16H2,1-2H3/t20-,24-/m0/s1. The molecule has 12 heteroatoms. The summed E-state index contributed by atoms with van der Waals surface area (Å²) >= 11 is 12.4. The number of carbonyl (C=O) groups is 3. The van der Waals surface area contributed by atoms with Gasteiger partial charge in [0, 0.05) is 56.7 Å². The highest BCUT2D eigenvalue weighted by Crippen LogP contribution is 2.47. The number of pyridine rings is 1. The normalized spacial score (nSPS) is 22.5. The number of hydrogen-bond acceptors (Lipinski definition) is 4. The number of likely N-dealkylation sites (N-methyl/N-ethyl adjacent to an activating group) is 1. The van der Waals surface area contributed by atoms with Crippen molar-refractivity contribution in [3.63, 3.8) is 0 Å². The molecule has 2 saturated heterocycles. The van der Waals surface area contributed by atoms with Gasteiger partial charge in [-0.1, -0.05) is 36.2 Å². The molecule has 2 aliphatic heterocycles. The summed E-state index contributed by atoms with van der Waals surface area (Å²) in [7, 11) is 1.51. The summed E-state index contributed by atoms with van der Waals surface area (Å²) in [5, 5.41) is 0.680. The second kappa shape index (κ2) is 11.1. The number of halogens is 5. The first-order valence-electron chi connectivity index (χ1n) is 13.6. The van der Waals surface area contributed by atoms with Crippen molar-refractivity contribution in [3.05, 3.63) is 63.4 Å². The predicted molar refractivity (Wildman–Crippen MR) is 148 cm³/mol. The van der Waals surface area contributed by atoms with Crippen molar-refractivity contribution in [3.8, 4) is 0 Å². The monoisotopic (exact) mass is 610 g/mol. The van der Waals surface area contributed by atoms with Crippen LogP contribution in [0.2, 0.25) is 10.0 Å². The van der Waals surface area contributed by atoms with Crippen molar-refractivity contribution < 1.29 is 27.6 Å². The average Bonchev–Trinajstić information content (AvgIpc) is 3.55. The number of rotatable bonds is 5. The van der Waals surface area contributed by atoms with Crippen LogP contribution in [0.4, 0.5) is 13.2 Å². The largest absolute Gasteiger partial charge is 0.416 e. The fraction of sp³-hybridized carbons (Fsp3) is 0.517. The molecule has 220 valence electrons. The van der Waals surface area contributed by atoms with E-state index in [1.807, 2.05) is 11.8 Å². The van der Waals surface area contributed by atoms with Crippen molar-refractivity contribution >= 4 is 40.9 Å². The molecule has 41 heavy (non-hydrogen) atoms. The predicted octanol–water partition coefficient (Wildman–Crippen LogP) is 5.51. The first-order valence-corrected chi connectivity index (χ1v) is 14.4. The number of piperidine rings is 1. The van der Waals surface area contributed by atoms with Gasteiger partial charge in [0.25, 0.3) is 5.91 Å². The third-order valence-electron chi connectivity index (χ3n) is 8.74. The van der Waals surface area contributed by atoms with E-state index in [-0.39, 0.29) is 41.3 Å². The van der Waals surface area contributed by atoms with Gasteiger partial charge in [0.1, 0.15) is 5.69 Å². The van der Waals surface area contributed by atoms with Crippen LogP contribution in [0.25, 0.3) is 0 Å². The molecule has 1 saturated carbocycles. The van der Waals surface area contributed by atoms with E-state index in [4.69, 9.17) is 23.2 Å². The third-order valence-corrected chi connectivity index (χ3v) is 9.48. The number of aromatic nitrogens is 1. The van der Waals surface area contributed by atoms with Crippen molar-refractivity contribution in [2.24, 2.45) is 11.3 Å². The molecule has 3 amide bonds.